The van der Waals surface area contributed by atoms with E-state index in [2.05, 4.69) is 22.0 Å². The van der Waals surface area contributed by atoms with Crippen LogP contribution < -0.4 is 10.6 Å². The van der Waals surface area contributed by atoms with E-state index in [9.17, 15) is 0 Å². The highest BCUT2D eigenvalue weighted by Gasteiger charge is 2.06. The number of nitrogens with two attached hydrogens (primary N) is 1. The number of rotatable bonds is 5. The summed E-state index contributed by atoms with van der Waals surface area (Å²) in [5.74, 6) is 0. The quantitative estimate of drug-likeness (QED) is 0.777. The third-order valence-corrected chi connectivity index (χ3v) is 2.86. The molecular weight excluding hydrogens is 184 g/mol. The number of hydrogen-bond acceptors (Lipinski definition) is 5. The highest BCUT2D eigenvalue weighted by Crippen LogP contribution is 2.18. The zero-order valence-electron chi connectivity index (χ0n) is 8.16. The fraction of sp³-hybridized carbons (Fsp3) is 0.750. The lowest BCUT2D eigenvalue weighted by atomic mass is 10.3. The topological polar surface area (TPSA) is 55.0 Å². The summed E-state index contributed by atoms with van der Waals surface area (Å²) < 4.78 is 0. The molecule has 0 saturated heterocycles. The van der Waals surface area contributed by atoms with Crippen molar-refractivity contribution in [2.24, 2.45) is 5.73 Å². The minimum atomic E-state index is 0.485. The Morgan fingerprint density at radius 1 is 1.46 bits per heavy atom. The molecule has 74 valence electrons. The Hall–Kier alpha value is -0.680. The van der Waals surface area contributed by atoms with Gasteiger partial charge in [0.15, 0.2) is 0 Å². The number of nitrogens with zero attached hydrogens (tertiary/aromatic N) is 3. The summed E-state index contributed by atoms with van der Waals surface area (Å²) in [6.45, 7) is 3.70. The zero-order valence-corrected chi connectivity index (χ0v) is 8.97. The van der Waals surface area contributed by atoms with Gasteiger partial charge in [0, 0.05) is 20.1 Å². The molecule has 1 heterocycles. The number of unbranched alkanes of at least 4 members (excludes halogenated alkanes) is 1. The Labute approximate surface area is 82.8 Å². The first-order valence-corrected chi connectivity index (χ1v) is 5.33. The van der Waals surface area contributed by atoms with E-state index >= 15 is 0 Å². The van der Waals surface area contributed by atoms with Crippen LogP contribution in [0, 0.1) is 0 Å². The lowest BCUT2D eigenvalue weighted by molar-refractivity contribution is 0.760. The molecule has 0 aromatic carbocycles. The fourth-order valence-corrected chi connectivity index (χ4v) is 1.68. The molecule has 0 atom stereocenters. The number of hydrogen-bond donors (Lipinski definition) is 1. The van der Waals surface area contributed by atoms with E-state index in [0.29, 0.717) is 6.54 Å². The molecule has 0 aliphatic heterocycles. The van der Waals surface area contributed by atoms with Crippen LogP contribution in [0.5, 0.6) is 0 Å². The maximum absolute atomic E-state index is 5.45. The van der Waals surface area contributed by atoms with Gasteiger partial charge in [0.25, 0.3) is 0 Å². The summed E-state index contributed by atoms with van der Waals surface area (Å²) in [4.78, 5) is 2.13. The maximum Gasteiger partial charge on any atom is 0.208 e. The van der Waals surface area contributed by atoms with E-state index < -0.39 is 0 Å². The van der Waals surface area contributed by atoms with Crippen LogP contribution in [-0.2, 0) is 6.54 Å². The Kier molecular flexibility index (Phi) is 4.11. The average Bonchev–Trinajstić information content (AvgIpc) is 2.62. The lowest BCUT2D eigenvalue weighted by Crippen LogP contribution is -2.17. The summed E-state index contributed by atoms with van der Waals surface area (Å²) in [6.07, 6.45) is 2.39. The van der Waals surface area contributed by atoms with Crippen LogP contribution in [-0.4, -0.2) is 23.8 Å². The normalized spacial score (nSPS) is 10.4. The van der Waals surface area contributed by atoms with Crippen LogP contribution in [0.2, 0.25) is 0 Å². The van der Waals surface area contributed by atoms with Crippen molar-refractivity contribution in [1.29, 1.82) is 0 Å². The van der Waals surface area contributed by atoms with Gasteiger partial charge in [0.1, 0.15) is 5.01 Å². The molecule has 2 N–H and O–H groups in total. The molecule has 0 saturated carbocycles. The molecule has 1 rings (SSSR count). The third kappa shape index (κ3) is 2.93. The first-order valence-electron chi connectivity index (χ1n) is 4.51. The molecule has 0 fully saturated rings. The highest BCUT2D eigenvalue weighted by atomic mass is 32.1. The van der Waals surface area contributed by atoms with E-state index in [-0.39, 0.29) is 0 Å². The van der Waals surface area contributed by atoms with E-state index in [0.717, 1.165) is 16.7 Å². The molecule has 1 aromatic heterocycles. The minimum absolute atomic E-state index is 0.485. The van der Waals surface area contributed by atoms with Crippen LogP contribution in [0.25, 0.3) is 0 Å². The van der Waals surface area contributed by atoms with Gasteiger partial charge in [0.2, 0.25) is 5.13 Å². The largest absolute Gasteiger partial charge is 0.350 e. The predicted octanol–water partition coefficient (Wildman–Crippen LogP) is 1.23. The SMILES string of the molecule is CCCCN(C)c1nnc(CN)s1. The van der Waals surface area contributed by atoms with Gasteiger partial charge in [-0.3, -0.25) is 0 Å². The van der Waals surface area contributed by atoms with Gasteiger partial charge in [0.05, 0.1) is 0 Å². The van der Waals surface area contributed by atoms with Crippen LogP contribution in [0.3, 0.4) is 0 Å². The van der Waals surface area contributed by atoms with Gasteiger partial charge in [-0.1, -0.05) is 24.7 Å². The first-order chi connectivity index (χ1) is 6.27. The standard InChI is InChI=1S/C8H16N4S/c1-3-4-5-12(2)8-11-10-7(6-9)13-8/h3-6,9H2,1-2H3. The van der Waals surface area contributed by atoms with Gasteiger partial charge in [-0.25, -0.2) is 0 Å². The van der Waals surface area contributed by atoms with Gasteiger partial charge in [-0.05, 0) is 6.42 Å². The van der Waals surface area contributed by atoms with Crippen molar-refractivity contribution in [3.8, 4) is 0 Å². The Morgan fingerprint density at radius 2 is 2.23 bits per heavy atom. The van der Waals surface area contributed by atoms with Gasteiger partial charge >= 0.3 is 0 Å². The minimum Gasteiger partial charge on any atom is -0.350 e. The lowest BCUT2D eigenvalue weighted by Gasteiger charge is -2.13. The molecule has 0 aliphatic rings. The first kappa shape index (κ1) is 10.4. The monoisotopic (exact) mass is 200 g/mol. The Bertz CT molecular complexity index is 248. The van der Waals surface area contributed by atoms with Crippen molar-refractivity contribution < 1.29 is 0 Å². The smallest absolute Gasteiger partial charge is 0.208 e. The van der Waals surface area contributed by atoms with E-state index in [1.807, 2.05) is 7.05 Å². The van der Waals surface area contributed by atoms with Crippen molar-refractivity contribution in [2.75, 3.05) is 18.5 Å². The van der Waals surface area contributed by atoms with Crippen molar-refractivity contribution in [1.82, 2.24) is 10.2 Å². The van der Waals surface area contributed by atoms with E-state index in [1.165, 1.54) is 12.8 Å². The second kappa shape index (κ2) is 5.14. The van der Waals surface area contributed by atoms with E-state index in [4.69, 9.17) is 5.73 Å². The van der Waals surface area contributed by atoms with Crippen LogP contribution >= 0.6 is 11.3 Å². The van der Waals surface area contributed by atoms with Gasteiger partial charge in [-0.15, -0.1) is 10.2 Å². The van der Waals surface area contributed by atoms with Crippen molar-refractivity contribution in [2.45, 2.75) is 26.3 Å². The molecule has 5 heteroatoms. The van der Waals surface area contributed by atoms with Crippen LogP contribution in [0.4, 0.5) is 5.13 Å². The predicted molar refractivity (Wildman–Crippen MR) is 56.0 cm³/mol. The molecule has 13 heavy (non-hydrogen) atoms. The molecule has 0 radical (unpaired) electrons. The van der Waals surface area contributed by atoms with Crippen molar-refractivity contribution >= 4 is 16.5 Å². The zero-order chi connectivity index (χ0) is 9.68. The maximum atomic E-state index is 5.45. The molecule has 0 aliphatic carbocycles. The summed E-state index contributed by atoms with van der Waals surface area (Å²) in [7, 11) is 2.04. The molecule has 0 amide bonds. The molecule has 0 bridgehead atoms. The third-order valence-electron chi connectivity index (χ3n) is 1.80. The van der Waals surface area contributed by atoms with Crippen LogP contribution in [0.1, 0.15) is 24.8 Å². The summed E-state index contributed by atoms with van der Waals surface area (Å²) in [5, 5.41) is 9.89. The van der Waals surface area contributed by atoms with Crippen LogP contribution in [0.15, 0.2) is 0 Å². The summed E-state index contributed by atoms with van der Waals surface area (Å²) in [6, 6.07) is 0. The number of aromatic nitrogens is 2. The average molecular weight is 200 g/mol. The molecular formula is C8H16N4S. The molecule has 0 spiro atoms. The van der Waals surface area contributed by atoms with Gasteiger partial charge < -0.3 is 10.6 Å². The molecule has 0 unspecified atom stereocenters. The second-order valence-electron chi connectivity index (χ2n) is 2.96. The van der Waals surface area contributed by atoms with Crippen molar-refractivity contribution in [3.05, 3.63) is 5.01 Å². The number of anilines is 1. The van der Waals surface area contributed by atoms with E-state index in [1.54, 1.807) is 11.3 Å². The fourth-order valence-electron chi connectivity index (χ4n) is 0.972. The summed E-state index contributed by atoms with van der Waals surface area (Å²) >= 11 is 1.57. The molecule has 1 aromatic rings. The Balaban J connectivity index is 2.50. The highest BCUT2D eigenvalue weighted by molar-refractivity contribution is 7.15. The second-order valence-corrected chi connectivity index (χ2v) is 4.00. The molecule has 4 nitrogen and oxygen atoms in total. The van der Waals surface area contributed by atoms with Crippen molar-refractivity contribution in [3.63, 3.8) is 0 Å². The van der Waals surface area contributed by atoms with Gasteiger partial charge in [-0.2, -0.15) is 0 Å². The Morgan fingerprint density at radius 3 is 2.77 bits per heavy atom. The summed E-state index contributed by atoms with van der Waals surface area (Å²) in [5.41, 5.74) is 5.45.